The molecule has 0 aliphatic heterocycles. The summed E-state index contributed by atoms with van der Waals surface area (Å²) in [4.78, 5) is 16.6. The highest BCUT2D eigenvalue weighted by Gasteiger charge is 2.28. The molecule has 3 heterocycles. The number of esters is 1. The number of carbonyl (C=O) groups excluding carboxylic acids is 1. The van der Waals surface area contributed by atoms with Gasteiger partial charge in [0.1, 0.15) is 0 Å². The highest BCUT2D eigenvalue weighted by molar-refractivity contribution is 7.08. The van der Waals surface area contributed by atoms with E-state index in [1.54, 1.807) is 11.3 Å². The third-order valence-corrected chi connectivity index (χ3v) is 4.87. The third kappa shape index (κ3) is 2.75. The van der Waals surface area contributed by atoms with Crippen molar-refractivity contribution in [2.75, 3.05) is 0 Å². The lowest BCUT2D eigenvalue weighted by atomic mass is 10.2. The predicted molar refractivity (Wildman–Crippen MR) is 88.9 cm³/mol. The topological polar surface area (TPSA) is 70.2 Å². The Labute approximate surface area is 143 Å². The normalized spacial score (nSPS) is 14.1. The Morgan fingerprint density at radius 1 is 1.46 bits per heavy atom. The van der Waals surface area contributed by atoms with Gasteiger partial charge in [-0.15, -0.1) is 0 Å². The summed E-state index contributed by atoms with van der Waals surface area (Å²) in [5.74, 6) is 0.451. The van der Waals surface area contributed by atoms with Crippen LogP contribution in [0.3, 0.4) is 0 Å². The van der Waals surface area contributed by atoms with Crippen molar-refractivity contribution in [2.45, 2.75) is 39.3 Å². The molecule has 4 rings (SSSR count). The number of ether oxygens (including phenoxy) is 1. The Balaban J connectivity index is 1.44. The minimum Gasteiger partial charge on any atom is -0.454 e. The largest absolute Gasteiger partial charge is 0.454 e. The lowest BCUT2D eigenvalue weighted by Gasteiger charge is -2.07. The van der Waals surface area contributed by atoms with Gasteiger partial charge in [0.2, 0.25) is 5.82 Å². The number of aryl methyl sites for hydroxylation is 1. The maximum atomic E-state index is 12.4. The number of aromatic nitrogens is 3. The van der Waals surface area contributed by atoms with E-state index in [2.05, 4.69) is 14.7 Å². The van der Waals surface area contributed by atoms with Crippen molar-refractivity contribution in [1.82, 2.24) is 14.7 Å². The van der Waals surface area contributed by atoms with Gasteiger partial charge in [-0.05, 0) is 44.2 Å². The minimum atomic E-state index is -0.350. The predicted octanol–water partition coefficient (Wildman–Crippen LogP) is 3.91. The summed E-state index contributed by atoms with van der Waals surface area (Å²) >= 11 is 1.56. The fourth-order valence-electron chi connectivity index (χ4n) is 2.90. The number of rotatable bonds is 5. The molecule has 0 N–H and O–H groups in total. The van der Waals surface area contributed by atoms with Crippen LogP contribution < -0.4 is 0 Å². The van der Waals surface area contributed by atoms with E-state index >= 15 is 0 Å². The number of nitrogens with zero attached hydrogens (tertiary/aromatic N) is 3. The molecule has 24 heavy (non-hydrogen) atoms. The zero-order chi connectivity index (χ0) is 16.7. The maximum absolute atomic E-state index is 12.4. The van der Waals surface area contributed by atoms with E-state index in [-0.39, 0.29) is 12.6 Å². The zero-order valence-corrected chi connectivity index (χ0v) is 14.3. The van der Waals surface area contributed by atoms with E-state index in [4.69, 9.17) is 9.26 Å². The molecule has 0 aromatic carbocycles. The van der Waals surface area contributed by atoms with E-state index in [9.17, 15) is 4.79 Å². The Kier molecular flexibility index (Phi) is 3.72. The second-order valence-electron chi connectivity index (χ2n) is 5.99. The molecule has 3 aromatic rings. The zero-order valence-electron chi connectivity index (χ0n) is 13.5. The summed E-state index contributed by atoms with van der Waals surface area (Å²) in [7, 11) is 0. The van der Waals surface area contributed by atoms with Crippen LogP contribution in [-0.2, 0) is 11.3 Å². The van der Waals surface area contributed by atoms with Crippen molar-refractivity contribution >= 4 is 17.3 Å². The Bertz CT molecular complexity index is 875. The first kappa shape index (κ1) is 15.1. The molecule has 0 amide bonds. The molecule has 3 aromatic heterocycles. The molecule has 1 fully saturated rings. The van der Waals surface area contributed by atoms with Crippen molar-refractivity contribution in [3.8, 4) is 11.5 Å². The molecule has 1 saturated carbocycles. The summed E-state index contributed by atoms with van der Waals surface area (Å²) in [6, 6.07) is 4.33. The van der Waals surface area contributed by atoms with Gasteiger partial charge in [-0.3, -0.25) is 0 Å². The highest BCUT2D eigenvalue weighted by Crippen LogP contribution is 2.38. The Hall–Kier alpha value is -2.41. The van der Waals surface area contributed by atoms with Gasteiger partial charge < -0.3 is 13.8 Å². The van der Waals surface area contributed by atoms with Crippen LogP contribution in [0.15, 0.2) is 27.4 Å². The van der Waals surface area contributed by atoms with Gasteiger partial charge in [0, 0.05) is 22.8 Å². The molecule has 124 valence electrons. The second-order valence-corrected chi connectivity index (χ2v) is 6.77. The highest BCUT2D eigenvalue weighted by atomic mass is 32.1. The van der Waals surface area contributed by atoms with Gasteiger partial charge in [-0.2, -0.15) is 16.3 Å². The second kappa shape index (κ2) is 5.90. The van der Waals surface area contributed by atoms with Crippen molar-refractivity contribution in [2.24, 2.45) is 0 Å². The summed E-state index contributed by atoms with van der Waals surface area (Å²) in [6.07, 6.45) is 2.36. The summed E-state index contributed by atoms with van der Waals surface area (Å²) in [5, 5.41) is 7.72. The van der Waals surface area contributed by atoms with E-state index < -0.39 is 0 Å². The number of hydrogen-bond donors (Lipinski definition) is 0. The van der Waals surface area contributed by atoms with Gasteiger partial charge in [-0.1, -0.05) is 5.16 Å². The number of hydrogen-bond acceptors (Lipinski definition) is 6. The van der Waals surface area contributed by atoms with Gasteiger partial charge in [0.05, 0.1) is 11.1 Å². The molecule has 1 aliphatic rings. The van der Waals surface area contributed by atoms with E-state index in [1.165, 1.54) is 12.8 Å². The first-order chi connectivity index (χ1) is 11.6. The maximum Gasteiger partial charge on any atom is 0.340 e. The number of carbonyl (C=O) groups is 1. The molecular formula is C17H17N3O3S. The molecule has 7 heteroatoms. The molecule has 1 aliphatic carbocycles. The number of thiophene rings is 1. The quantitative estimate of drug-likeness (QED) is 0.657. The lowest BCUT2D eigenvalue weighted by Crippen LogP contribution is -2.08. The van der Waals surface area contributed by atoms with Crippen LogP contribution >= 0.6 is 11.3 Å². The SMILES string of the molecule is Cc1cc(C(=O)OCc2noc(-c3ccsc3)n2)c(C)n1C1CC1. The molecule has 0 unspecified atom stereocenters. The Morgan fingerprint density at radius 2 is 2.29 bits per heavy atom. The van der Waals surface area contributed by atoms with Crippen LogP contribution in [0.4, 0.5) is 0 Å². The minimum absolute atomic E-state index is 0.000430. The average Bonchev–Trinajstić information content (AvgIpc) is 3.01. The first-order valence-electron chi connectivity index (χ1n) is 7.84. The molecular weight excluding hydrogens is 326 g/mol. The van der Waals surface area contributed by atoms with Gasteiger partial charge in [-0.25, -0.2) is 4.79 Å². The van der Waals surface area contributed by atoms with E-state index in [1.807, 2.05) is 36.7 Å². The van der Waals surface area contributed by atoms with Crippen molar-refractivity contribution in [3.63, 3.8) is 0 Å². The molecule has 0 spiro atoms. The standard InChI is InChI=1S/C17H17N3O3S/c1-10-7-14(11(2)20(10)13-3-4-13)17(21)22-8-15-18-16(23-19-15)12-5-6-24-9-12/h5-7,9,13H,3-4,8H2,1-2H3. The van der Waals surface area contributed by atoms with Crippen LogP contribution in [0.5, 0.6) is 0 Å². The van der Waals surface area contributed by atoms with E-state index in [0.717, 1.165) is 17.0 Å². The Morgan fingerprint density at radius 3 is 3.00 bits per heavy atom. The van der Waals surface area contributed by atoms with Gasteiger partial charge in [0.25, 0.3) is 5.89 Å². The van der Waals surface area contributed by atoms with E-state index in [0.29, 0.717) is 23.3 Å². The van der Waals surface area contributed by atoms with Crippen molar-refractivity contribution in [1.29, 1.82) is 0 Å². The van der Waals surface area contributed by atoms with Crippen molar-refractivity contribution < 1.29 is 14.1 Å². The lowest BCUT2D eigenvalue weighted by molar-refractivity contribution is 0.0458. The van der Waals surface area contributed by atoms with Crippen LogP contribution in [0.25, 0.3) is 11.5 Å². The monoisotopic (exact) mass is 343 g/mol. The van der Waals surface area contributed by atoms with Gasteiger partial charge in [0.15, 0.2) is 6.61 Å². The third-order valence-electron chi connectivity index (χ3n) is 4.18. The average molecular weight is 343 g/mol. The fourth-order valence-corrected chi connectivity index (χ4v) is 3.53. The molecule has 0 atom stereocenters. The molecule has 0 saturated heterocycles. The van der Waals surface area contributed by atoms with Crippen molar-refractivity contribution in [3.05, 3.63) is 45.7 Å². The summed E-state index contributed by atoms with van der Waals surface area (Å²) in [5.41, 5.74) is 3.55. The smallest absolute Gasteiger partial charge is 0.340 e. The van der Waals surface area contributed by atoms with Gasteiger partial charge >= 0.3 is 5.97 Å². The fraction of sp³-hybridized carbons (Fsp3) is 0.353. The molecule has 0 radical (unpaired) electrons. The summed E-state index contributed by atoms with van der Waals surface area (Å²) < 4.78 is 12.8. The molecule has 0 bridgehead atoms. The van der Waals surface area contributed by atoms with Crippen LogP contribution in [-0.4, -0.2) is 20.7 Å². The summed E-state index contributed by atoms with van der Waals surface area (Å²) in [6.45, 7) is 3.99. The van der Waals surface area contributed by atoms with Crippen LogP contribution in [0.2, 0.25) is 0 Å². The first-order valence-corrected chi connectivity index (χ1v) is 8.78. The van der Waals surface area contributed by atoms with Crippen LogP contribution in [0, 0.1) is 13.8 Å². The molecule has 6 nitrogen and oxygen atoms in total. The van der Waals surface area contributed by atoms with Crippen LogP contribution in [0.1, 0.15) is 46.5 Å².